The fraction of sp³-hybridized carbons (Fsp3) is 0.438. The molecule has 114 valence electrons. The van der Waals surface area contributed by atoms with E-state index in [9.17, 15) is 4.39 Å². The number of rotatable bonds is 6. The zero-order valence-electron chi connectivity index (χ0n) is 12.5. The Hall–Kier alpha value is -0.780. The van der Waals surface area contributed by atoms with Crippen LogP contribution in [-0.4, -0.2) is 11.5 Å². The van der Waals surface area contributed by atoms with Gasteiger partial charge >= 0.3 is 0 Å². The molecule has 0 amide bonds. The molecule has 2 nitrogen and oxygen atoms in total. The Morgan fingerprint density at radius 3 is 2.71 bits per heavy atom. The summed E-state index contributed by atoms with van der Waals surface area (Å²) in [6.07, 6.45) is 1.84. The van der Waals surface area contributed by atoms with E-state index in [0.717, 1.165) is 35.7 Å². The van der Waals surface area contributed by atoms with Crippen LogP contribution in [0, 0.1) is 19.7 Å². The molecule has 1 aromatic heterocycles. The first-order valence-electron chi connectivity index (χ1n) is 7.12. The van der Waals surface area contributed by atoms with E-state index in [0.29, 0.717) is 4.47 Å². The Labute approximate surface area is 137 Å². The van der Waals surface area contributed by atoms with Gasteiger partial charge < -0.3 is 5.32 Å². The van der Waals surface area contributed by atoms with Gasteiger partial charge in [-0.15, -0.1) is 11.3 Å². The topological polar surface area (TPSA) is 24.9 Å². The van der Waals surface area contributed by atoms with Crippen LogP contribution in [0.1, 0.15) is 40.5 Å². The monoisotopic (exact) mass is 370 g/mol. The van der Waals surface area contributed by atoms with Crippen LogP contribution in [0.4, 0.5) is 4.39 Å². The number of nitrogens with one attached hydrogen (secondary N) is 1. The van der Waals surface area contributed by atoms with Crippen molar-refractivity contribution in [2.24, 2.45) is 0 Å². The standard InChI is InChI=1S/C16H20BrFN2S/c1-4-7-19-15(9-16-20-10(2)11(3)21-16)12-5-6-13(17)14(18)8-12/h5-6,8,15,19H,4,7,9H2,1-3H3. The summed E-state index contributed by atoms with van der Waals surface area (Å²) in [6.45, 7) is 7.16. The third-order valence-electron chi connectivity index (χ3n) is 3.44. The quantitative estimate of drug-likeness (QED) is 0.778. The van der Waals surface area contributed by atoms with Crippen molar-refractivity contribution in [2.45, 2.75) is 39.7 Å². The lowest BCUT2D eigenvalue weighted by Crippen LogP contribution is -2.24. The van der Waals surface area contributed by atoms with Crippen LogP contribution < -0.4 is 5.32 Å². The minimum Gasteiger partial charge on any atom is -0.310 e. The summed E-state index contributed by atoms with van der Waals surface area (Å²) in [5, 5.41) is 4.59. The molecular weight excluding hydrogens is 351 g/mol. The maximum Gasteiger partial charge on any atom is 0.137 e. The van der Waals surface area contributed by atoms with E-state index >= 15 is 0 Å². The third-order valence-corrected chi connectivity index (χ3v) is 5.18. The van der Waals surface area contributed by atoms with Crippen LogP contribution in [0.15, 0.2) is 22.7 Å². The molecule has 1 N–H and O–H groups in total. The zero-order valence-corrected chi connectivity index (χ0v) is 14.9. The Bertz CT molecular complexity index is 593. The smallest absolute Gasteiger partial charge is 0.137 e. The van der Waals surface area contributed by atoms with E-state index in [4.69, 9.17) is 0 Å². The molecule has 5 heteroatoms. The van der Waals surface area contributed by atoms with Crippen molar-refractivity contribution in [1.29, 1.82) is 0 Å². The number of thiazole rings is 1. The minimum atomic E-state index is -0.220. The van der Waals surface area contributed by atoms with Gasteiger partial charge in [-0.1, -0.05) is 13.0 Å². The molecule has 0 saturated carbocycles. The van der Waals surface area contributed by atoms with Gasteiger partial charge in [0, 0.05) is 17.3 Å². The van der Waals surface area contributed by atoms with Crippen molar-refractivity contribution in [3.8, 4) is 0 Å². The van der Waals surface area contributed by atoms with Crippen molar-refractivity contribution < 1.29 is 4.39 Å². The molecule has 1 atom stereocenters. The first-order chi connectivity index (χ1) is 10.0. The van der Waals surface area contributed by atoms with E-state index in [1.807, 2.05) is 13.0 Å². The largest absolute Gasteiger partial charge is 0.310 e. The van der Waals surface area contributed by atoms with E-state index in [-0.39, 0.29) is 11.9 Å². The van der Waals surface area contributed by atoms with Crippen molar-refractivity contribution in [3.63, 3.8) is 0 Å². The fourth-order valence-electron chi connectivity index (χ4n) is 2.16. The van der Waals surface area contributed by atoms with E-state index in [1.165, 1.54) is 4.88 Å². The van der Waals surface area contributed by atoms with Gasteiger partial charge in [-0.3, -0.25) is 0 Å². The van der Waals surface area contributed by atoms with E-state index in [2.05, 4.69) is 40.1 Å². The molecule has 1 unspecified atom stereocenters. The molecule has 0 bridgehead atoms. The number of hydrogen-bond donors (Lipinski definition) is 1. The maximum atomic E-state index is 13.8. The summed E-state index contributed by atoms with van der Waals surface area (Å²) < 4.78 is 14.3. The molecule has 21 heavy (non-hydrogen) atoms. The lowest BCUT2D eigenvalue weighted by Gasteiger charge is -2.18. The molecule has 2 rings (SSSR count). The average Bonchev–Trinajstić information content (AvgIpc) is 2.76. The second-order valence-corrected chi connectivity index (χ2v) is 7.28. The molecule has 1 aromatic carbocycles. The highest BCUT2D eigenvalue weighted by Gasteiger charge is 2.16. The van der Waals surface area contributed by atoms with Gasteiger partial charge in [0.1, 0.15) is 5.82 Å². The molecule has 0 aliphatic heterocycles. The van der Waals surface area contributed by atoms with Gasteiger partial charge in [0.15, 0.2) is 0 Å². The Balaban J connectivity index is 2.22. The average molecular weight is 371 g/mol. The van der Waals surface area contributed by atoms with Crippen molar-refractivity contribution >= 4 is 27.3 Å². The van der Waals surface area contributed by atoms with Gasteiger partial charge in [0.2, 0.25) is 0 Å². The van der Waals surface area contributed by atoms with Crippen molar-refractivity contribution in [1.82, 2.24) is 10.3 Å². The number of benzene rings is 1. The molecule has 0 saturated heterocycles. The predicted octanol–water partition coefficient (Wildman–Crippen LogP) is 4.94. The lowest BCUT2D eigenvalue weighted by molar-refractivity contribution is 0.522. The number of halogens is 2. The summed E-state index contributed by atoms with van der Waals surface area (Å²) in [6, 6.07) is 5.43. The molecule has 0 radical (unpaired) electrons. The van der Waals surface area contributed by atoms with Crippen LogP contribution >= 0.6 is 27.3 Å². The van der Waals surface area contributed by atoms with Crippen LogP contribution in [0.5, 0.6) is 0 Å². The molecule has 1 heterocycles. The summed E-state index contributed by atoms with van der Waals surface area (Å²) >= 11 is 4.93. The summed E-state index contributed by atoms with van der Waals surface area (Å²) in [5.41, 5.74) is 2.06. The molecule has 0 fully saturated rings. The van der Waals surface area contributed by atoms with E-state index in [1.54, 1.807) is 23.5 Å². The Morgan fingerprint density at radius 1 is 1.38 bits per heavy atom. The maximum absolute atomic E-state index is 13.8. The van der Waals surface area contributed by atoms with Gasteiger partial charge in [0.05, 0.1) is 15.2 Å². The van der Waals surface area contributed by atoms with Crippen LogP contribution in [0.25, 0.3) is 0 Å². The lowest BCUT2D eigenvalue weighted by atomic mass is 10.0. The van der Waals surface area contributed by atoms with Crippen LogP contribution in [-0.2, 0) is 6.42 Å². The summed E-state index contributed by atoms with van der Waals surface area (Å²) in [5.74, 6) is -0.220. The molecular formula is C16H20BrFN2S. The first kappa shape index (κ1) is 16.6. The molecule has 0 spiro atoms. The summed E-state index contributed by atoms with van der Waals surface area (Å²) in [7, 11) is 0. The Morgan fingerprint density at radius 2 is 2.14 bits per heavy atom. The molecule has 2 aromatic rings. The number of nitrogens with zero attached hydrogens (tertiary/aromatic N) is 1. The number of hydrogen-bond acceptors (Lipinski definition) is 3. The Kier molecular flexibility index (Phi) is 5.90. The highest BCUT2D eigenvalue weighted by Crippen LogP contribution is 2.26. The predicted molar refractivity (Wildman–Crippen MR) is 90.4 cm³/mol. The van der Waals surface area contributed by atoms with E-state index < -0.39 is 0 Å². The normalized spacial score (nSPS) is 12.6. The van der Waals surface area contributed by atoms with Gasteiger partial charge in [0.25, 0.3) is 0 Å². The van der Waals surface area contributed by atoms with Gasteiger partial charge in [-0.2, -0.15) is 0 Å². The second-order valence-electron chi connectivity index (χ2n) is 5.13. The number of aryl methyl sites for hydroxylation is 2. The highest BCUT2D eigenvalue weighted by molar-refractivity contribution is 9.10. The second kappa shape index (κ2) is 7.47. The first-order valence-corrected chi connectivity index (χ1v) is 8.73. The van der Waals surface area contributed by atoms with Crippen LogP contribution in [0.2, 0.25) is 0 Å². The molecule has 0 aliphatic rings. The molecule has 0 aliphatic carbocycles. The third kappa shape index (κ3) is 4.34. The summed E-state index contributed by atoms with van der Waals surface area (Å²) in [4.78, 5) is 5.85. The minimum absolute atomic E-state index is 0.0949. The fourth-order valence-corrected chi connectivity index (χ4v) is 3.38. The zero-order chi connectivity index (χ0) is 15.4. The number of aromatic nitrogens is 1. The SMILES string of the molecule is CCCNC(Cc1nc(C)c(C)s1)c1ccc(Br)c(F)c1. The van der Waals surface area contributed by atoms with Crippen LogP contribution in [0.3, 0.4) is 0 Å². The van der Waals surface area contributed by atoms with Crippen molar-refractivity contribution in [2.75, 3.05) is 6.54 Å². The van der Waals surface area contributed by atoms with Gasteiger partial charge in [-0.25, -0.2) is 9.37 Å². The van der Waals surface area contributed by atoms with Crippen molar-refractivity contribution in [3.05, 3.63) is 49.6 Å². The highest BCUT2D eigenvalue weighted by atomic mass is 79.9. The van der Waals surface area contributed by atoms with Gasteiger partial charge in [-0.05, 0) is 60.4 Å².